The highest BCUT2D eigenvalue weighted by Crippen LogP contribution is 2.06. The van der Waals surface area contributed by atoms with E-state index < -0.39 is 24.0 Å². The minimum atomic E-state index is -1.12. The molecule has 0 fully saturated rings. The molecule has 0 aromatic rings. The lowest BCUT2D eigenvalue weighted by atomic mass is 10.0. The van der Waals surface area contributed by atoms with Crippen molar-refractivity contribution in [2.75, 3.05) is 13.7 Å². The fourth-order valence-corrected chi connectivity index (χ4v) is 1.89. The topological polar surface area (TPSA) is 105 Å². The van der Waals surface area contributed by atoms with Crippen LogP contribution in [0, 0.1) is 11.8 Å². The zero-order valence-electron chi connectivity index (χ0n) is 14.0. The second-order valence-corrected chi connectivity index (χ2v) is 6.07. The van der Waals surface area contributed by atoms with Crippen LogP contribution in [0.2, 0.25) is 0 Å². The molecule has 0 rings (SSSR count). The minimum Gasteiger partial charge on any atom is -0.480 e. The minimum absolute atomic E-state index is 0.145. The van der Waals surface area contributed by atoms with E-state index in [1.54, 1.807) is 13.8 Å². The first-order valence-corrected chi connectivity index (χ1v) is 7.50. The summed E-state index contributed by atoms with van der Waals surface area (Å²) in [5, 5.41) is 14.2. The van der Waals surface area contributed by atoms with Crippen LogP contribution in [-0.4, -0.2) is 48.7 Å². The quantitative estimate of drug-likeness (QED) is 0.552. The fourth-order valence-electron chi connectivity index (χ4n) is 1.89. The van der Waals surface area contributed by atoms with E-state index >= 15 is 0 Å². The summed E-state index contributed by atoms with van der Waals surface area (Å²) in [7, 11) is 1.46. The molecular formula is C15H28N2O5. The van der Waals surface area contributed by atoms with E-state index in [1.807, 2.05) is 13.8 Å². The Morgan fingerprint density at radius 2 is 1.68 bits per heavy atom. The molecule has 7 nitrogen and oxygen atoms in total. The van der Waals surface area contributed by atoms with Gasteiger partial charge in [-0.1, -0.05) is 27.7 Å². The molecule has 0 aromatic carbocycles. The number of aliphatic carboxylic acids is 1. The third-order valence-electron chi connectivity index (χ3n) is 3.08. The van der Waals surface area contributed by atoms with Crippen molar-refractivity contribution in [3.63, 3.8) is 0 Å². The van der Waals surface area contributed by atoms with Crippen LogP contribution in [-0.2, 0) is 19.1 Å². The van der Waals surface area contributed by atoms with Crippen LogP contribution in [0.3, 0.4) is 0 Å². The molecule has 128 valence electrons. The molecule has 2 unspecified atom stereocenters. The first kappa shape index (κ1) is 20.4. The molecule has 0 heterocycles. The summed E-state index contributed by atoms with van der Waals surface area (Å²) in [5.41, 5.74) is 0. The molecule has 0 saturated heterocycles. The predicted molar refractivity (Wildman–Crippen MR) is 82.3 cm³/mol. The summed E-state index contributed by atoms with van der Waals surface area (Å²) in [4.78, 5) is 35.2. The van der Waals surface area contributed by atoms with E-state index in [-0.39, 0.29) is 30.8 Å². The Kier molecular flexibility index (Phi) is 9.40. The number of rotatable bonds is 10. The molecule has 3 N–H and O–H groups in total. The lowest BCUT2D eigenvalue weighted by molar-refractivity contribution is -0.143. The average molecular weight is 316 g/mol. The number of methoxy groups -OCH3 is 1. The number of nitrogens with one attached hydrogen (secondary N) is 2. The lowest BCUT2D eigenvalue weighted by Gasteiger charge is -2.24. The first-order valence-electron chi connectivity index (χ1n) is 7.50. The Balaban J connectivity index is 4.76. The Morgan fingerprint density at radius 3 is 2.09 bits per heavy atom. The van der Waals surface area contributed by atoms with Crippen LogP contribution in [0.4, 0.5) is 0 Å². The van der Waals surface area contributed by atoms with E-state index in [0.717, 1.165) is 0 Å². The van der Waals surface area contributed by atoms with Crippen molar-refractivity contribution in [1.82, 2.24) is 10.6 Å². The van der Waals surface area contributed by atoms with Gasteiger partial charge in [0.15, 0.2) is 0 Å². The van der Waals surface area contributed by atoms with Crippen molar-refractivity contribution in [1.29, 1.82) is 0 Å². The molecule has 0 spiro atoms. The summed E-state index contributed by atoms with van der Waals surface area (Å²) >= 11 is 0. The number of amides is 2. The first-order chi connectivity index (χ1) is 10.2. The van der Waals surface area contributed by atoms with Gasteiger partial charge in [0.25, 0.3) is 0 Å². The molecule has 0 aromatic heterocycles. The molecule has 7 heteroatoms. The van der Waals surface area contributed by atoms with Gasteiger partial charge in [-0.15, -0.1) is 0 Å². The molecule has 2 amide bonds. The smallest absolute Gasteiger partial charge is 0.326 e. The van der Waals surface area contributed by atoms with E-state index in [2.05, 4.69) is 10.6 Å². The number of hydrogen-bond acceptors (Lipinski definition) is 4. The normalized spacial score (nSPS) is 13.8. The largest absolute Gasteiger partial charge is 0.480 e. The van der Waals surface area contributed by atoms with Crippen molar-refractivity contribution in [3.8, 4) is 0 Å². The van der Waals surface area contributed by atoms with E-state index in [4.69, 9.17) is 9.84 Å². The highest BCUT2D eigenvalue weighted by molar-refractivity contribution is 5.90. The van der Waals surface area contributed by atoms with Crippen LogP contribution in [0.1, 0.15) is 40.5 Å². The van der Waals surface area contributed by atoms with Gasteiger partial charge in [-0.05, 0) is 11.8 Å². The predicted octanol–water partition coefficient (Wildman–Crippen LogP) is 0.779. The summed E-state index contributed by atoms with van der Waals surface area (Å²) in [6.45, 7) is 7.64. The van der Waals surface area contributed by atoms with Gasteiger partial charge in [0, 0.05) is 26.6 Å². The molecule has 0 aliphatic carbocycles. The van der Waals surface area contributed by atoms with E-state index in [9.17, 15) is 14.4 Å². The Morgan fingerprint density at radius 1 is 1.09 bits per heavy atom. The summed E-state index contributed by atoms with van der Waals surface area (Å²) in [6.07, 6.45) is 0.491. The lowest BCUT2D eigenvalue weighted by Crippen LogP contribution is -2.54. The van der Waals surface area contributed by atoms with Crippen molar-refractivity contribution < 1.29 is 24.2 Å². The molecular weight excluding hydrogens is 288 g/mol. The number of carbonyl (C=O) groups excluding carboxylic acids is 2. The molecule has 0 aliphatic rings. The molecule has 0 radical (unpaired) electrons. The maximum Gasteiger partial charge on any atom is 0.326 e. The monoisotopic (exact) mass is 316 g/mol. The molecule has 0 aliphatic heterocycles. The maximum absolute atomic E-state index is 12.3. The van der Waals surface area contributed by atoms with Gasteiger partial charge in [0.1, 0.15) is 12.1 Å². The summed E-state index contributed by atoms with van der Waals surface area (Å²) in [5.74, 6) is -1.79. The zero-order valence-corrected chi connectivity index (χ0v) is 14.0. The van der Waals surface area contributed by atoms with Crippen molar-refractivity contribution >= 4 is 17.8 Å². The third kappa shape index (κ3) is 7.97. The van der Waals surface area contributed by atoms with Gasteiger partial charge in [0.05, 0.1) is 0 Å². The summed E-state index contributed by atoms with van der Waals surface area (Å²) in [6, 6.07) is -1.79. The van der Waals surface area contributed by atoms with Gasteiger partial charge in [0.2, 0.25) is 11.8 Å². The highest BCUT2D eigenvalue weighted by Gasteiger charge is 2.28. The summed E-state index contributed by atoms with van der Waals surface area (Å²) < 4.78 is 4.84. The van der Waals surface area contributed by atoms with Gasteiger partial charge in [-0.3, -0.25) is 9.59 Å². The van der Waals surface area contributed by atoms with Gasteiger partial charge >= 0.3 is 5.97 Å². The standard InChI is InChI=1S/C15H28N2O5/c1-9(2)8-12(18)17-13(10(3)4)14(19)16-11(15(20)21)6-7-22-5/h9-11,13H,6-8H2,1-5H3,(H,16,19)(H,17,18)(H,20,21). The molecule has 22 heavy (non-hydrogen) atoms. The second-order valence-electron chi connectivity index (χ2n) is 6.07. The van der Waals surface area contributed by atoms with Crippen molar-refractivity contribution in [2.45, 2.75) is 52.6 Å². The number of carbonyl (C=O) groups is 3. The van der Waals surface area contributed by atoms with Crippen molar-refractivity contribution in [3.05, 3.63) is 0 Å². The second kappa shape index (κ2) is 10.2. The van der Waals surface area contributed by atoms with Gasteiger partial charge < -0.3 is 20.5 Å². The third-order valence-corrected chi connectivity index (χ3v) is 3.08. The number of carboxylic acids is 1. The molecule has 0 bridgehead atoms. The highest BCUT2D eigenvalue weighted by atomic mass is 16.5. The SMILES string of the molecule is COCCC(NC(=O)C(NC(=O)CC(C)C)C(C)C)C(=O)O. The van der Waals surface area contributed by atoms with E-state index in [0.29, 0.717) is 6.42 Å². The van der Waals surface area contributed by atoms with Gasteiger partial charge in [-0.2, -0.15) is 0 Å². The van der Waals surface area contributed by atoms with Crippen LogP contribution in [0.25, 0.3) is 0 Å². The van der Waals surface area contributed by atoms with Crippen molar-refractivity contribution in [2.24, 2.45) is 11.8 Å². The van der Waals surface area contributed by atoms with E-state index in [1.165, 1.54) is 7.11 Å². The van der Waals surface area contributed by atoms with Crippen LogP contribution in [0.5, 0.6) is 0 Å². The molecule has 2 atom stereocenters. The number of carboxylic acid groups (broad SMARTS) is 1. The Labute approximate surface area is 131 Å². The average Bonchev–Trinajstić information content (AvgIpc) is 2.38. The Bertz CT molecular complexity index is 382. The van der Waals surface area contributed by atoms with Crippen LogP contribution >= 0.6 is 0 Å². The number of ether oxygens (including phenoxy) is 1. The maximum atomic E-state index is 12.3. The molecule has 0 saturated carbocycles. The Hall–Kier alpha value is -1.63. The fraction of sp³-hybridized carbons (Fsp3) is 0.800. The van der Waals surface area contributed by atoms with Crippen LogP contribution in [0.15, 0.2) is 0 Å². The zero-order chi connectivity index (χ0) is 17.3. The van der Waals surface area contributed by atoms with Crippen LogP contribution < -0.4 is 10.6 Å². The number of hydrogen-bond donors (Lipinski definition) is 3. The van der Waals surface area contributed by atoms with Gasteiger partial charge in [-0.25, -0.2) is 4.79 Å².